The van der Waals surface area contributed by atoms with Gasteiger partial charge in [0.25, 0.3) is 0 Å². The summed E-state index contributed by atoms with van der Waals surface area (Å²) in [7, 11) is -3.74. The van der Waals surface area contributed by atoms with Crippen molar-refractivity contribution in [3.63, 3.8) is 0 Å². The summed E-state index contributed by atoms with van der Waals surface area (Å²) in [6.07, 6.45) is 1.14. The van der Waals surface area contributed by atoms with E-state index in [0.29, 0.717) is 17.2 Å². The van der Waals surface area contributed by atoms with Crippen LogP contribution in [0.3, 0.4) is 0 Å². The monoisotopic (exact) mass is 564 g/mol. The lowest BCUT2D eigenvalue weighted by molar-refractivity contribution is 0.0695. The number of carbonyl (C=O) groups is 3. The molecule has 1 aliphatic rings. The Labute approximate surface area is 225 Å². The van der Waals surface area contributed by atoms with Crippen LogP contribution in [0.25, 0.3) is 10.8 Å². The van der Waals surface area contributed by atoms with Gasteiger partial charge in [0, 0.05) is 35.2 Å². The van der Waals surface area contributed by atoms with Crippen LogP contribution in [-0.2, 0) is 19.4 Å². The maximum absolute atomic E-state index is 13.6. The third-order valence-electron chi connectivity index (χ3n) is 5.70. The summed E-state index contributed by atoms with van der Waals surface area (Å²) < 4.78 is 35.5. The van der Waals surface area contributed by atoms with Gasteiger partial charge >= 0.3 is 17.4 Å². The molecule has 1 saturated heterocycles. The number of fused-ring (bicyclic) bond motifs is 1. The van der Waals surface area contributed by atoms with Gasteiger partial charge in [0.05, 0.1) is 16.1 Å². The summed E-state index contributed by atoms with van der Waals surface area (Å²) in [4.78, 5) is 38.2. The normalized spacial score (nSPS) is 19.1. The van der Waals surface area contributed by atoms with Crippen LogP contribution in [-0.4, -0.2) is 68.2 Å². The molecule has 13 heteroatoms. The number of likely N-dealkylation sites (tertiary alicyclic amines) is 1. The topological polar surface area (TPSA) is 172 Å². The van der Waals surface area contributed by atoms with E-state index in [0.717, 1.165) is 17.8 Å². The van der Waals surface area contributed by atoms with Crippen molar-refractivity contribution in [2.24, 2.45) is 0 Å². The molecule has 0 aromatic heterocycles. The molecule has 2 aromatic rings. The molecule has 0 spiro atoms. The standard InChI is InChI=1S/C25H32N4O7S2/c1-5-10-35-23(32)29-14-16(37-24(33)36-25(2,3)4)11-15(29)13-28-38(27,34)20-12-19(22(30)31)21(26)18-9-7-6-8-17(18)20/h5-9,12,15-16H,1,10-11,13-14,26H2,2-4H3,(H,30,31)(H2,27,28,34)/t15-,16-,38?/m0/s1. The number of carboxylic acids is 1. The van der Waals surface area contributed by atoms with Crippen LogP contribution in [0.4, 0.5) is 15.3 Å². The van der Waals surface area contributed by atoms with Crippen LogP contribution in [0.1, 0.15) is 37.6 Å². The summed E-state index contributed by atoms with van der Waals surface area (Å²) in [6, 6.07) is 7.15. The fourth-order valence-corrected chi connectivity index (χ4v) is 6.55. The number of benzene rings is 2. The van der Waals surface area contributed by atoms with Gasteiger partial charge in [0.2, 0.25) is 0 Å². The van der Waals surface area contributed by atoms with E-state index >= 15 is 0 Å². The number of hydrogen-bond acceptors (Lipinski definition) is 9. The van der Waals surface area contributed by atoms with Gasteiger partial charge in [0.1, 0.15) is 22.1 Å². The Morgan fingerprint density at radius 1 is 1.32 bits per heavy atom. The second kappa shape index (κ2) is 11.6. The second-order valence-corrected chi connectivity index (χ2v) is 12.8. The molecule has 1 fully saturated rings. The van der Waals surface area contributed by atoms with Crippen molar-refractivity contribution >= 4 is 55.5 Å². The van der Waals surface area contributed by atoms with Crippen LogP contribution in [0.15, 0.2) is 47.9 Å². The number of carboxylic acid groups (broad SMARTS) is 1. The van der Waals surface area contributed by atoms with Gasteiger partial charge in [-0.25, -0.2) is 28.1 Å². The Morgan fingerprint density at radius 3 is 2.58 bits per heavy atom. The van der Waals surface area contributed by atoms with Crippen LogP contribution in [0.5, 0.6) is 0 Å². The smallest absolute Gasteiger partial charge is 0.410 e. The van der Waals surface area contributed by atoms with Crippen molar-refractivity contribution in [2.45, 2.75) is 49.0 Å². The Bertz CT molecular complexity index is 1360. The first-order valence-electron chi connectivity index (χ1n) is 11.8. The number of nitrogens with zero attached hydrogens (tertiary/aromatic N) is 1. The van der Waals surface area contributed by atoms with E-state index < -0.39 is 38.9 Å². The number of carbonyl (C=O) groups excluding carboxylic acids is 2. The van der Waals surface area contributed by atoms with Crippen LogP contribution in [0.2, 0.25) is 0 Å². The first kappa shape index (κ1) is 29.3. The van der Waals surface area contributed by atoms with Crippen molar-refractivity contribution in [1.29, 1.82) is 4.78 Å². The average molecular weight is 565 g/mol. The molecule has 38 heavy (non-hydrogen) atoms. The van der Waals surface area contributed by atoms with E-state index in [-0.39, 0.29) is 41.1 Å². The maximum Gasteiger partial charge on any atom is 0.410 e. The SMILES string of the molecule is C=CCOC(=O)N1C[C@@H](SC(=O)OC(C)(C)C)C[C@H]1CNS(=N)(=O)c1cc(C(=O)O)c(N)c2ccccc12. The predicted octanol–water partition coefficient (Wildman–Crippen LogP) is 4.46. The fraction of sp³-hybridized carbons (Fsp3) is 0.400. The predicted molar refractivity (Wildman–Crippen MR) is 147 cm³/mol. The van der Waals surface area contributed by atoms with Crippen LogP contribution in [0, 0.1) is 4.78 Å². The van der Waals surface area contributed by atoms with E-state index in [1.807, 2.05) is 0 Å². The summed E-state index contributed by atoms with van der Waals surface area (Å²) in [5.74, 6) is -1.31. The molecular formula is C25H32N4O7S2. The Kier molecular flexibility index (Phi) is 8.95. The number of hydrogen-bond donors (Lipinski definition) is 4. The summed E-state index contributed by atoms with van der Waals surface area (Å²) in [6.45, 7) is 8.90. The van der Waals surface area contributed by atoms with Crippen molar-refractivity contribution in [3.8, 4) is 0 Å². The zero-order valence-corrected chi connectivity index (χ0v) is 23.0. The minimum Gasteiger partial charge on any atom is -0.478 e. The molecule has 11 nitrogen and oxygen atoms in total. The van der Waals surface area contributed by atoms with Gasteiger partial charge in [0.15, 0.2) is 0 Å². The molecular weight excluding hydrogens is 532 g/mol. The minimum atomic E-state index is -3.74. The highest BCUT2D eigenvalue weighted by molar-refractivity contribution is 8.13. The van der Waals surface area contributed by atoms with Crippen molar-refractivity contribution < 1.29 is 33.2 Å². The molecule has 1 heterocycles. The zero-order chi connectivity index (χ0) is 28.3. The third-order valence-corrected chi connectivity index (χ3v) is 8.18. The Hall–Kier alpha value is -3.29. The lowest BCUT2D eigenvalue weighted by atomic mass is 10.0. The zero-order valence-electron chi connectivity index (χ0n) is 21.4. The molecule has 3 rings (SSSR count). The second-order valence-electron chi connectivity index (χ2n) is 9.70. The van der Waals surface area contributed by atoms with Gasteiger partial charge in [-0.3, -0.25) is 0 Å². The molecule has 3 atom stereocenters. The van der Waals surface area contributed by atoms with E-state index in [1.54, 1.807) is 45.0 Å². The van der Waals surface area contributed by atoms with E-state index in [1.165, 1.54) is 11.0 Å². The number of ether oxygens (including phenoxy) is 2. The molecule has 0 aliphatic carbocycles. The average Bonchev–Trinajstić information content (AvgIpc) is 3.22. The van der Waals surface area contributed by atoms with E-state index in [9.17, 15) is 23.7 Å². The lowest BCUT2D eigenvalue weighted by Gasteiger charge is -2.24. The van der Waals surface area contributed by atoms with Crippen molar-refractivity contribution in [1.82, 2.24) is 9.62 Å². The number of nitrogens with two attached hydrogens (primary N) is 1. The number of amides is 1. The highest BCUT2D eigenvalue weighted by atomic mass is 32.2. The van der Waals surface area contributed by atoms with Crippen LogP contribution >= 0.6 is 11.8 Å². The van der Waals surface area contributed by atoms with Gasteiger partial charge in [-0.05, 0) is 45.0 Å². The molecule has 2 aromatic carbocycles. The van der Waals surface area contributed by atoms with Crippen molar-refractivity contribution in [3.05, 3.63) is 48.6 Å². The third kappa shape index (κ3) is 6.97. The quantitative estimate of drug-likeness (QED) is 0.205. The van der Waals surface area contributed by atoms with Gasteiger partial charge in [-0.15, -0.1) is 0 Å². The number of rotatable bonds is 8. The summed E-state index contributed by atoms with van der Waals surface area (Å²) >= 11 is 0.965. The molecule has 1 unspecified atom stereocenters. The van der Waals surface area contributed by atoms with Crippen LogP contribution < -0.4 is 10.5 Å². The summed E-state index contributed by atoms with van der Waals surface area (Å²) in [5.41, 5.74) is 5.12. The van der Waals surface area contributed by atoms with E-state index in [4.69, 9.17) is 20.0 Å². The number of anilines is 1. The minimum absolute atomic E-state index is 0.00998. The molecule has 0 radical (unpaired) electrons. The van der Waals surface area contributed by atoms with Gasteiger partial charge in [-0.1, -0.05) is 36.9 Å². The molecule has 0 saturated carbocycles. The molecule has 5 N–H and O–H groups in total. The number of nitrogens with one attached hydrogen (secondary N) is 2. The first-order chi connectivity index (χ1) is 17.7. The first-order valence-corrected chi connectivity index (χ1v) is 14.2. The van der Waals surface area contributed by atoms with Gasteiger partial charge < -0.3 is 25.2 Å². The molecule has 1 aliphatic heterocycles. The number of nitrogen functional groups attached to an aromatic ring is 1. The molecule has 0 bridgehead atoms. The van der Waals surface area contributed by atoms with Gasteiger partial charge in [-0.2, -0.15) is 0 Å². The van der Waals surface area contributed by atoms with Crippen molar-refractivity contribution in [2.75, 3.05) is 25.4 Å². The largest absolute Gasteiger partial charge is 0.478 e. The highest BCUT2D eigenvalue weighted by Crippen LogP contribution is 2.33. The molecule has 1 amide bonds. The number of thioether (sulfide) groups is 1. The highest BCUT2D eigenvalue weighted by Gasteiger charge is 2.39. The Morgan fingerprint density at radius 2 is 1.97 bits per heavy atom. The Balaban J connectivity index is 1.85. The maximum atomic E-state index is 13.6. The number of aromatic carboxylic acids is 1. The lowest BCUT2D eigenvalue weighted by Crippen LogP contribution is -2.43. The van der Waals surface area contributed by atoms with E-state index in [2.05, 4.69) is 11.3 Å². The molecule has 206 valence electrons. The fourth-order valence-electron chi connectivity index (χ4n) is 4.07. The summed E-state index contributed by atoms with van der Waals surface area (Å²) in [5, 5.41) is 9.56.